The molecule has 0 saturated heterocycles. The average molecular weight is 126 g/mol. The van der Waals surface area contributed by atoms with Crippen LogP contribution in [0.3, 0.4) is 0 Å². The van der Waals surface area contributed by atoms with Gasteiger partial charge >= 0.3 is 0 Å². The molecule has 0 radical (unpaired) electrons. The zero-order valence-corrected chi connectivity index (χ0v) is 5.26. The Morgan fingerprint density at radius 3 is 2.33 bits per heavy atom. The second-order valence-electron chi connectivity index (χ2n) is 3.45. The molecule has 0 aromatic heterocycles. The van der Waals surface area contributed by atoms with Crippen molar-refractivity contribution < 1.29 is 9.90 Å². The summed E-state index contributed by atoms with van der Waals surface area (Å²) in [6, 6.07) is 0. The van der Waals surface area contributed by atoms with E-state index < -0.39 is 0 Å². The maximum Gasteiger partial charge on any atom is 0.134 e. The van der Waals surface area contributed by atoms with Gasteiger partial charge < -0.3 is 5.11 Å². The zero-order chi connectivity index (χ0) is 6.48. The number of hydrogen-bond acceptors (Lipinski definition) is 2. The molecule has 0 heterocycles. The van der Waals surface area contributed by atoms with Crippen LogP contribution in [0.1, 0.15) is 25.7 Å². The SMILES string of the molecule is O=C1CC2(C1)CC(O)C2. The van der Waals surface area contributed by atoms with Gasteiger partial charge in [0.1, 0.15) is 5.78 Å². The van der Waals surface area contributed by atoms with Crippen molar-refractivity contribution in [1.82, 2.24) is 0 Å². The molecule has 2 aliphatic rings. The molecule has 2 fully saturated rings. The van der Waals surface area contributed by atoms with Gasteiger partial charge in [0.2, 0.25) is 0 Å². The summed E-state index contributed by atoms with van der Waals surface area (Å²) in [4.78, 5) is 10.5. The van der Waals surface area contributed by atoms with Crippen molar-refractivity contribution in [2.24, 2.45) is 5.41 Å². The summed E-state index contributed by atoms with van der Waals surface area (Å²) in [6.45, 7) is 0. The Balaban J connectivity index is 1.94. The zero-order valence-electron chi connectivity index (χ0n) is 5.26. The highest BCUT2D eigenvalue weighted by atomic mass is 16.3. The first-order chi connectivity index (χ1) is 4.20. The largest absolute Gasteiger partial charge is 0.393 e. The second kappa shape index (κ2) is 1.37. The molecule has 2 heteroatoms. The van der Waals surface area contributed by atoms with Crippen LogP contribution in [0.5, 0.6) is 0 Å². The number of ketones is 1. The lowest BCUT2D eigenvalue weighted by molar-refractivity contribution is -0.147. The van der Waals surface area contributed by atoms with Crippen molar-refractivity contribution >= 4 is 5.78 Å². The van der Waals surface area contributed by atoms with Gasteiger partial charge in [-0.3, -0.25) is 4.79 Å². The molecule has 0 unspecified atom stereocenters. The molecule has 0 amide bonds. The van der Waals surface area contributed by atoms with Gasteiger partial charge in [0.05, 0.1) is 6.10 Å². The van der Waals surface area contributed by atoms with Gasteiger partial charge in [0.15, 0.2) is 0 Å². The van der Waals surface area contributed by atoms with Crippen LogP contribution in [-0.4, -0.2) is 17.0 Å². The predicted molar refractivity (Wildman–Crippen MR) is 31.9 cm³/mol. The molecule has 2 nitrogen and oxygen atoms in total. The Bertz CT molecular complexity index is 146. The Kier molecular flexibility index (Phi) is 0.826. The van der Waals surface area contributed by atoms with Crippen LogP contribution >= 0.6 is 0 Å². The summed E-state index contributed by atoms with van der Waals surface area (Å²) in [5.74, 6) is 0.377. The summed E-state index contributed by atoms with van der Waals surface area (Å²) in [5.41, 5.74) is 0.288. The number of Topliss-reactive ketones (excluding diaryl/α,β-unsaturated/α-hetero) is 1. The first kappa shape index (κ1) is 5.42. The van der Waals surface area contributed by atoms with Crippen molar-refractivity contribution in [1.29, 1.82) is 0 Å². The highest BCUT2D eigenvalue weighted by molar-refractivity contribution is 5.86. The molecule has 2 rings (SSSR count). The van der Waals surface area contributed by atoms with Crippen LogP contribution in [0, 0.1) is 5.41 Å². The van der Waals surface area contributed by atoms with E-state index in [0.717, 1.165) is 25.7 Å². The van der Waals surface area contributed by atoms with Gasteiger partial charge in [-0.15, -0.1) is 0 Å². The summed E-state index contributed by atoms with van der Waals surface area (Å²) in [7, 11) is 0. The summed E-state index contributed by atoms with van der Waals surface area (Å²) in [5, 5.41) is 8.92. The molecule has 50 valence electrons. The highest BCUT2D eigenvalue weighted by Gasteiger charge is 2.51. The van der Waals surface area contributed by atoms with Crippen molar-refractivity contribution in [3.63, 3.8) is 0 Å². The van der Waals surface area contributed by atoms with Crippen molar-refractivity contribution in [3.05, 3.63) is 0 Å². The molecule has 9 heavy (non-hydrogen) atoms. The number of aliphatic hydroxyl groups is 1. The molecule has 2 saturated carbocycles. The number of carbonyl (C=O) groups excluding carboxylic acids is 1. The predicted octanol–water partition coefficient (Wildman–Crippen LogP) is 0.490. The third-order valence-corrected chi connectivity index (χ3v) is 2.48. The average Bonchev–Trinajstić information content (AvgIpc) is 1.58. The van der Waals surface area contributed by atoms with Crippen LogP contribution in [-0.2, 0) is 4.79 Å². The van der Waals surface area contributed by atoms with Crippen LogP contribution in [0.2, 0.25) is 0 Å². The van der Waals surface area contributed by atoms with Crippen LogP contribution in [0.15, 0.2) is 0 Å². The van der Waals surface area contributed by atoms with Crippen molar-refractivity contribution in [2.75, 3.05) is 0 Å². The first-order valence-electron chi connectivity index (χ1n) is 3.40. The molecule has 0 aromatic rings. The van der Waals surface area contributed by atoms with E-state index in [1.54, 1.807) is 0 Å². The van der Waals surface area contributed by atoms with Gasteiger partial charge in [-0.05, 0) is 18.3 Å². The highest BCUT2D eigenvalue weighted by Crippen LogP contribution is 2.53. The second-order valence-corrected chi connectivity index (χ2v) is 3.45. The molecule has 0 atom stereocenters. The molecular formula is C7H10O2. The minimum absolute atomic E-state index is 0.0990. The maximum absolute atomic E-state index is 10.5. The van der Waals surface area contributed by atoms with E-state index in [1.165, 1.54) is 0 Å². The molecule has 2 aliphatic carbocycles. The van der Waals surface area contributed by atoms with E-state index >= 15 is 0 Å². The standard InChI is InChI=1S/C7H10O2/c8-5-1-7(2-5)3-6(9)4-7/h5,8H,1-4H2. The number of rotatable bonds is 0. The number of hydrogen-bond donors (Lipinski definition) is 1. The molecule has 0 aromatic carbocycles. The topological polar surface area (TPSA) is 37.3 Å². The summed E-state index contributed by atoms with van der Waals surface area (Å²) in [6.07, 6.45) is 3.13. The molecule has 1 N–H and O–H groups in total. The minimum atomic E-state index is -0.0990. The lowest BCUT2D eigenvalue weighted by Gasteiger charge is -2.50. The number of carbonyl (C=O) groups is 1. The fraction of sp³-hybridized carbons (Fsp3) is 0.857. The fourth-order valence-corrected chi connectivity index (χ4v) is 2.01. The minimum Gasteiger partial charge on any atom is -0.393 e. The molecule has 0 bridgehead atoms. The monoisotopic (exact) mass is 126 g/mol. The molecule has 0 aliphatic heterocycles. The third-order valence-electron chi connectivity index (χ3n) is 2.48. The van der Waals surface area contributed by atoms with Crippen LogP contribution in [0.4, 0.5) is 0 Å². The smallest absolute Gasteiger partial charge is 0.134 e. The van der Waals surface area contributed by atoms with E-state index in [0.29, 0.717) is 5.78 Å². The van der Waals surface area contributed by atoms with Crippen LogP contribution < -0.4 is 0 Å². The van der Waals surface area contributed by atoms with E-state index in [9.17, 15) is 4.79 Å². The quantitative estimate of drug-likeness (QED) is 0.513. The Morgan fingerprint density at radius 2 is 2.00 bits per heavy atom. The fourth-order valence-electron chi connectivity index (χ4n) is 2.01. The van der Waals surface area contributed by atoms with Gasteiger partial charge in [-0.1, -0.05) is 0 Å². The lowest BCUT2D eigenvalue weighted by Crippen LogP contribution is -2.50. The van der Waals surface area contributed by atoms with E-state index in [4.69, 9.17) is 5.11 Å². The van der Waals surface area contributed by atoms with Crippen molar-refractivity contribution in [2.45, 2.75) is 31.8 Å². The van der Waals surface area contributed by atoms with Gasteiger partial charge in [0.25, 0.3) is 0 Å². The Hall–Kier alpha value is -0.370. The Labute approximate surface area is 53.9 Å². The van der Waals surface area contributed by atoms with Gasteiger partial charge in [-0.2, -0.15) is 0 Å². The van der Waals surface area contributed by atoms with Gasteiger partial charge in [-0.25, -0.2) is 0 Å². The van der Waals surface area contributed by atoms with Crippen molar-refractivity contribution in [3.8, 4) is 0 Å². The number of aliphatic hydroxyl groups excluding tert-OH is 1. The third kappa shape index (κ3) is 0.628. The normalized spacial score (nSPS) is 31.9. The Morgan fingerprint density at radius 1 is 1.44 bits per heavy atom. The molecule has 1 spiro atoms. The van der Waals surface area contributed by atoms with E-state index in [-0.39, 0.29) is 11.5 Å². The van der Waals surface area contributed by atoms with E-state index in [2.05, 4.69) is 0 Å². The van der Waals surface area contributed by atoms with Crippen LogP contribution in [0.25, 0.3) is 0 Å². The summed E-state index contributed by atoms with van der Waals surface area (Å²) < 4.78 is 0. The van der Waals surface area contributed by atoms with E-state index in [1.807, 2.05) is 0 Å². The molecular weight excluding hydrogens is 116 g/mol. The maximum atomic E-state index is 10.5. The summed E-state index contributed by atoms with van der Waals surface area (Å²) >= 11 is 0. The van der Waals surface area contributed by atoms with Gasteiger partial charge in [0, 0.05) is 12.8 Å². The lowest BCUT2D eigenvalue weighted by atomic mass is 9.54. The first-order valence-corrected chi connectivity index (χ1v) is 3.40.